The molecule has 0 bridgehead atoms. The number of aliphatic hydroxyl groups is 11. The molecule has 3 saturated heterocycles. The Morgan fingerprint density at radius 2 is 1.29 bits per heavy atom. The molecule has 5 aliphatic carbocycles. The van der Waals surface area contributed by atoms with Gasteiger partial charge in [0.1, 0.15) is 72.6 Å². The van der Waals surface area contributed by atoms with E-state index in [4.69, 9.17) is 28.4 Å². The second-order valence-electron chi connectivity index (χ2n) is 23.1. The zero-order chi connectivity index (χ0) is 47.6. The molecular formula is C47H76O18. The lowest BCUT2D eigenvalue weighted by molar-refractivity contribution is -0.357. The maximum atomic E-state index is 14.7. The molecule has 7 fully saturated rings. The summed E-state index contributed by atoms with van der Waals surface area (Å²) in [4.78, 5) is 14.7. The third-order valence-corrected chi connectivity index (χ3v) is 18.9. The number of ether oxygens (including phenoxy) is 6. The smallest absolute Gasteiger partial charge is 0.317 e. The molecule has 11 N–H and O–H groups in total. The van der Waals surface area contributed by atoms with E-state index >= 15 is 0 Å². The lowest BCUT2D eigenvalue weighted by Gasteiger charge is -2.71. The number of carbonyl (C=O) groups is 1. The van der Waals surface area contributed by atoms with Crippen LogP contribution in [-0.4, -0.2) is 180 Å². The highest BCUT2D eigenvalue weighted by Gasteiger charge is 2.72. The Bertz CT molecular complexity index is 1770. The van der Waals surface area contributed by atoms with Crippen molar-refractivity contribution in [2.45, 2.75) is 204 Å². The Labute approximate surface area is 380 Å². The highest BCUT2D eigenvalue weighted by Crippen LogP contribution is 2.76. The van der Waals surface area contributed by atoms with Crippen LogP contribution in [0.1, 0.15) is 106 Å². The molecule has 372 valence electrons. The van der Waals surface area contributed by atoms with Crippen LogP contribution in [0.15, 0.2) is 11.6 Å². The summed E-state index contributed by atoms with van der Waals surface area (Å²) in [6.45, 7) is 14.1. The Hall–Kier alpha value is -1.43. The second-order valence-corrected chi connectivity index (χ2v) is 23.1. The van der Waals surface area contributed by atoms with Crippen LogP contribution in [0.3, 0.4) is 0 Å². The molecule has 0 aromatic heterocycles. The SMILES string of the molecule is CC1(C)CC[C@@]2(C(=O)O[C@@H]3O[C@H](CO)[C@@H](O)[C@H](O)[C@H]3O)C(C1)C1=CC[C@@H]3[C@@]4(C)CC[C@H](O[C@@H]5OC[C@H](O)[C@H](O[C@@H]6O[C@H](CO)[C@@H](O)[C@H](O)[C@H]6O)[C@H]5O)C(C)(C)C4CC[C@@]3(C)[C@]1(C)C[C@H]2O. The third kappa shape index (κ3) is 7.71. The van der Waals surface area contributed by atoms with Crippen LogP contribution in [0, 0.1) is 50.2 Å². The summed E-state index contributed by atoms with van der Waals surface area (Å²) in [5, 5.41) is 117. The van der Waals surface area contributed by atoms with Gasteiger partial charge in [0.25, 0.3) is 0 Å². The summed E-state index contributed by atoms with van der Waals surface area (Å²) in [6.07, 6.45) is -14.8. The van der Waals surface area contributed by atoms with Crippen LogP contribution in [0.2, 0.25) is 0 Å². The zero-order valence-electron chi connectivity index (χ0n) is 38.8. The van der Waals surface area contributed by atoms with Crippen molar-refractivity contribution in [3.05, 3.63) is 11.6 Å². The molecule has 2 unspecified atom stereocenters. The van der Waals surface area contributed by atoms with Gasteiger partial charge in [-0.25, -0.2) is 0 Å². The topological polar surface area (TPSA) is 295 Å². The minimum Gasteiger partial charge on any atom is -0.432 e. The Kier molecular flexibility index (Phi) is 13.4. The van der Waals surface area contributed by atoms with Gasteiger partial charge in [0.15, 0.2) is 12.6 Å². The number of esters is 1. The molecule has 18 nitrogen and oxygen atoms in total. The highest BCUT2D eigenvalue weighted by molar-refractivity contribution is 5.80. The molecule has 65 heavy (non-hydrogen) atoms. The Morgan fingerprint density at radius 1 is 0.677 bits per heavy atom. The third-order valence-electron chi connectivity index (χ3n) is 18.9. The number of aliphatic hydroxyl groups excluding tert-OH is 11. The molecule has 0 aromatic carbocycles. The van der Waals surface area contributed by atoms with Gasteiger partial charge in [-0.3, -0.25) is 4.79 Å². The molecule has 3 aliphatic heterocycles. The van der Waals surface area contributed by atoms with Crippen LogP contribution in [0.5, 0.6) is 0 Å². The number of fused-ring (bicyclic) bond motifs is 7. The fourth-order valence-electron chi connectivity index (χ4n) is 14.9. The summed E-state index contributed by atoms with van der Waals surface area (Å²) in [5.74, 6) is -0.778. The quantitative estimate of drug-likeness (QED) is 0.0850. The van der Waals surface area contributed by atoms with E-state index in [1.165, 1.54) is 0 Å². The number of carbonyl (C=O) groups excluding carboxylic acids is 1. The summed E-state index contributed by atoms with van der Waals surface area (Å²) >= 11 is 0. The first-order valence-electron chi connectivity index (χ1n) is 23.8. The van der Waals surface area contributed by atoms with Crippen LogP contribution in [-0.2, 0) is 33.2 Å². The zero-order valence-corrected chi connectivity index (χ0v) is 38.8. The van der Waals surface area contributed by atoms with E-state index in [0.29, 0.717) is 32.1 Å². The predicted octanol–water partition coefficient (Wildman–Crippen LogP) is -0.250. The van der Waals surface area contributed by atoms with E-state index in [9.17, 15) is 61.0 Å². The van der Waals surface area contributed by atoms with Crippen LogP contribution in [0.25, 0.3) is 0 Å². The lowest BCUT2D eigenvalue weighted by Crippen LogP contribution is -2.68. The van der Waals surface area contributed by atoms with Gasteiger partial charge in [-0.2, -0.15) is 0 Å². The van der Waals surface area contributed by atoms with Gasteiger partial charge in [0, 0.05) is 0 Å². The van der Waals surface area contributed by atoms with Gasteiger partial charge in [-0.15, -0.1) is 0 Å². The van der Waals surface area contributed by atoms with Gasteiger partial charge in [-0.05, 0) is 103 Å². The largest absolute Gasteiger partial charge is 0.432 e. The second kappa shape index (κ2) is 17.5. The number of rotatable bonds is 8. The summed E-state index contributed by atoms with van der Waals surface area (Å²) in [5.41, 5.74) is -1.81. The van der Waals surface area contributed by atoms with Gasteiger partial charge >= 0.3 is 5.97 Å². The Morgan fingerprint density at radius 3 is 1.92 bits per heavy atom. The summed E-state index contributed by atoms with van der Waals surface area (Å²) in [7, 11) is 0. The first kappa shape index (κ1) is 50.0. The average Bonchev–Trinajstić information content (AvgIpc) is 3.24. The summed E-state index contributed by atoms with van der Waals surface area (Å²) < 4.78 is 35.4. The fraction of sp³-hybridized carbons (Fsp3) is 0.936. The number of hydrogen-bond donors (Lipinski definition) is 11. The van der Waals surface area contributed by atoms with E-state index in [-0.39, 0.29) is 40.8 Å². The molecule has 0 spiro atoms. The van der Waals surface area contributed by atoms with Crippen LogP contribution >= 0.6 is 0 Å². The molecule has 0 amide bonds. The van der Waals surface area contributed by atoms with Gasteiger partial charge < -0.3 is 84.6 Å². The molecule has 18 heteroatoms. The van der Waals surface area contributed by atoms with Crippen molar-refractivity contribution < 1.29 is 89.4 Å². The minimum atomic E-state index is -1.77. The maximum absolute atomic E-state index is 14.7. The summed E-state index contributed by atoms with van der Waals surface area (Å²) in [6, 6.07) is 0. The fourth-order valence-corrected chi connectivity index (χ4v) is 14.9. The first-order chi connectivity index (χ1) is 30.3. The maximum Gasteiger partial charge on any atom is 0.317 e. The van der Waals surface area contributed by atoms with Crippen molar-refractivity contribution in [2.24, 2.45) is 50.2 Å². The van der Waals surface area contributed by atoms with Crippen molar-refractivity contribution in [3.63, 3.8) is 0 Å². The molecule has 23 atom stereocenters. The van der Waals surface area contributed by atoms with Crippen LogP contribution < -0.4 is 0 Å². The van der Waals surface area contributed by atoms with Crippen molar-refractivity contribution in [1.82, 2.24) is 0 Å². The van der Waals surface area contributed by atoms with E-state index in [2.05, 4.69) is 54.5 Å². The van der Waals surface area contributed by atoms with Gasteiger partial charge in [-0.1, -0.05) is 60.1 Å². The van der Waals surface area contributed by atoms with Crippen molar-refractivity contribution in [1.29, 1.82) is 0 Å². The number of allylic oxidation sites excluding steroid dienone is 2. The van der Waals surface area contributed by atoms with E-state index < -0.39 is 133 Å². The lowest BCUT2D eigenvalue weighted by atomic mass is 9.33. The van der Waals surface area contributed by atoms with Crippen molar-refractivity contribution >= 4 is 5.97 Å². The van der Waals surface area contributed by atoms with Crippen LogP contribution in [0.4, 0.5) is 0 Å². The molecule has 0 aromatic rings. The number of hydrogen-bond acceptors (Lipinski definition) is 18. The monoisotopic (exact) mass is 929 g/mol. The van der Waals surface area contributed by atoms with Crippen molar-refractivity contribution in [3.8, 4) is 0 Å². The standard InChI is InChI=1S/C47H76O18/c1-42(2)14-15-47(41(59)65-40-35(57)33(55)31(53)25(19-49)62-40)22(16-42)21-8-9-27-44(5)12-11-29(43(3,4)26(44)10-13-45(27,6)46(21,7)17-28(47)51)63-38-36(58)37(23(50)20-60-38)64-39-34(56)32(54)30(52)24(18-48)61-39/h8,22-40,48-58H,9-20H2,1-7H3/t22?,23-,24+,25+,26?,27+,28+,29-,30+,31+,32-,33-,34+,35+,36+,37-,38-,39-,40-,44-,45+,46+,47+/m0/s1. The molecule has 4 saturated carbocycles. The van der Waals surface area contributed by atoms with E-state index in [1.807, 2.05) is 0 Å². The van der Waals surface area contributed by atoms with E-state index in [0.717, 1.165) is 31.3 Å². The normalized spacial score (nSPS) is 53.9. The first-order valence-corrected chi connectivity index (χ1v) is 23.8. The Balaban J connectivity index is 1.02. The van der Waals surface area contributed by atoms with Gasteiger partial charge in [0.05, 0.1) is 32.0 Å². The molecule has 3 heterocycles. The van der Waals surface area contributed by atoms with Gasteiger partial charge in [0.2, 0.25) is 6.29 Å². The molecule has 0 radical (unpaired) electrons. The average molecular weight is 929 g/mol. The predicted molar refractivity (Wildman–Crippen MR) is 226 cm³/mol. The molecule has 8 aliphatic rings. The van der Waals surface area contributed by atoms with Crippen molar-refractivity contribution in [2.75, 3.05) is 19.8 Å². The minimum absolute atomic E-state index is 0.160. The highest BCUT2D eigenvalue weighted by atomic mass is 16.7. The molecular weight excluding hydrogens is 852 g/mol. The van der Waals surface area contributed by atoms with E-state index in [1.54, 1.807) is 0 Å². The molecule has 8 rings (SSSR count).